The first kappa shape index (κ1) is 27.7. The Balaban J connectivity index is 1.59. The van der Waals surface area contributed by atoms with Crippen molar-refractivity contribution in [3.8, 4) is 17.5 Å². The van der Waals surface area contributed by atoms with Gasteiger partial charge in [0.2, 0.25) is 0 Å². The van der Waals surface area contributed by atoms with Gasteiger partial charge in [0.15, 0.2) is 0 Å². The minimum absolute atomic E-state index is 0.00806. The molecule has 3 aromatic rings. The molecule has 1 aliphatic carbocycles. The normalized spacial score (nSPS) is 19.5. The lowest BCUT2D eigenvalue weighted by molar-refractivity contribution is -0.0386. The fourth-order valence-electron chi connectivity index (χ4n) is 4.31. The number of fused-ring (bicyclic) bond motifs is 1. The van der Waals surface area contributed by atoms with Crippen molar-refractivity contribution in [3.63, 3.8) is 0 Å². The molecule has 1 atom stereocenters. The van der Waals surface area contributed by atoms with Crippen LogP contribution in [0.5, 0.6) is 0 Å². The molecule has 0 aromatic carbocycles. The first-order valence-corrected chi connectivity index (χ1v) is 12.3. The zero-order valence-electron chi connectivity index (χ0n) is 21.7. The Morgan fingerprint density at radius 2 is 2.05 bits per heavy atom. The van der Waals surface area contributed by atoms with E-state index in [4.69, 9.17) is 5.26 Å². The largest absolute Gasteiger partial charge is 0.453 e. The molecule has 1 aliphatic rings. The summed E-state index contributed by atoms with van der Waals surface area (Å²) in [6.07, 6.45) is 1.03. The lowest BCUT2D eigenvalue weighted by Crippen LogP contribution is -2.56. The summed E-state index contributed by atoms with van der Waals surface area (Å²) in [5.41, 5.74) is -0.0393. The molecule has 3 aromatic heterocycles. The SMILES string of the molecule is COC(=O)NCC1(O)CC(Nc2cc(-c3ccc4cc(C#N)cnn34)ncc2C(=O)NC[C@@H](F)C(C)(C)O)C1. The number of carbonyl (C=O) groups is 2. The average molecular weight is 540 g/mol. The van der Waals surface area contributed by atoms with Crippen LogP contribution in [0.4, 0.5) is 14.9 Å². The van der Waals surface area contributed by atoms with Gasteiger partial charge in [-0.1, -0.05) is 0 Å². The number of alkyl halides is 1. The number of methoxy groups -OCH3 is 1. The predicted octanol–water partition coefficient (Wildman–Crippen LogP) is 1.77. The number of anilines is 1. The number of hydrogen-bond donors (Lipinski definition) is 5. The number of aromatic nitrogens is 3. The van der Waals surface area contributed by atoms with Gasteiger partial charge in [-0.25, -0.2) is 13.7 Å². The van der Waals surface area contributed by atoms with Gasteiger partial charge < -0.3 is 30.9 Å². The number of hydrogen-bond acceptors (Lipinski definition) is 9. The van der Waals surface area contributed by atoms with Crippen LogP contribution in [-0.4, -0.2) is 80.4 Å². The molecule has 0 bridgehead atoms. The molecule has 12 nitrogen and oxygen atoms in total. The zero-order chi connectivity index (χ0) is 28.4. The van der Waals surface area contributed by atoms with E-state index in [0.29, 0.717) is 28.2 Å². The number of amides is 2. The fraction of sp³-hybridized carbons (Fsp3) is 0.423. The molecule has 0 saturated heterocycles. The summed E-state index contributed by atoms with van der Waals surface area (Å²) in [7, 11) is 1.23. The first-order chi connectivity index (χ1) is 18.4. The molecule has 13 heteroatoms. The van der Waals surface area contributed by atoms with Crippen molar-refractivity contribution in [3.05, 3.63) is 47.8 Å². The summed E-state index contributed by atoms with van der Waals surface area (Å²) in [4.78, 5) is 28.8. The van der Waals surface area contributed by atoms with Crippen molar-refractivity contribution in [2.45, 2.75) is 50.1 Å². The highest BCUT2D eigenvalue weighted by Gasteiger charge is 2.43. The maximum Gasteiger partial charge on any atom is 0.406 e. The van der Waals surface area contributed by atoms with Crippen LogP contribution in [0.2, 0.25) is 0 Å². The molecule has 5 N–H and O–H groups in total. The maximum absolute atomic E-state index is 14.3. The molecule has 206 valence electrons. The van der Waals surface area contributed by atoms with Crippen LogP contribution >= 0.6 is 0 Å². The Labute approximate surface area is 223 Å². The molecule has 0 unspecified atom stereocenters. The number of nitriles is 1. The van der Waals surface area contributed by atoms with Crippen molar-refractivity contribution in [2.24, 2.45) is 0 Å². The van der Waals surface area contributed by atoms with E-state index < -0.39 is 35.9 Å². The molecule has 2 amide bonds. The van der Waals surface area contributed by atoms with E-state index in [1.54, 1.807) is 28.8 Å². The third kappa shape index (κ3) is 6.24. The van der Waals surface area contributed by atoms with Crippen LogP contribution in [-0.2, 0) is 4.74 Å². The molecule has 0 spiro atoms. The number of nitrogens with zero attached hydrogens (tertiary/aromatic N) is 4. The van der Waals surface area contributed by atoms with E-state index >= 15 is 0 Å². The predicted molar refractivity (Wildman–Crippen MR) is 139 cm³/mol. The van der Waals surface area contributed by atoms with Crippen molar-refractivity contribution < 1.29 is 28.9 Å². The minimum atomic E-state index is -1.69. The summed E-state index contributed by atoms with van der Waals surface area (Å²) >= 11 is 0. The highest BCUT2D eigenvalue weighted by Crippen LogP contribution is 2.35. The summed E-state index contributed by atoms with van der Waals surface area (Å²) in [5, 5.41) is 42.2. The molecular formula is C26H30FN7O5. The molecule has 39 heavy (non-hydrogen) atoms. The van der Waals surface area contributed by atoms with E-state index in [2.05, 4.69) is 30.8 Å². The van der Waals surface area contributed by atoms with Crippen LogP contribution in [0.15, 0.2) is 36.7 Å². The first-order valence-electron chi connectivity index (χ1n) is 12.3. The standard InChI is InChI=1S/C26H30FN7O5/c1-25(2,37)22(27)13-30-23(35)18-12-29-20(21-5-4-17-6-15(10-28)11-32-34(17)21)7-19(18)33-16-8-26(38,9-16)14-31-24(36)39-3/h4-7,11-12,16,22,37-38H,8-9,13-14H2,1-3H3,(H,29,33)(H,30,35)(H,31,36)/t16?,22-,26?/m1/s1. The van der Waals surface area contributed by atoms with Gasteiger partial charge in [0, 0.05) is 18.8 Å². The number of nitrogens with one attached hydrogen (secondary N) is 3. The molecule has 0 radical (unpaired) electrons. The second kappa shape index (κ2) is 10.8. The Hall–Kier alpha value is -4.28. The molecule has 1 saturated carbocycles. The van der Waals surface area contributed by atoms with E-state index in [-0.39, 0.29) is 31.0 Å². The molecule has 0 aliphatic heterocycles. The van der Waals surface area contributed by atoms with Gasteiger partial charge in [-0.15, -0.1) is 0 Å². The Kier molecular flexibility index (Phi) is 7.71. The molecule has 1 fully saturated rings. The zero-order valence-corrected chi connectivity index (χ0v) is 21.7. The number of aliphatic hydroxyl groups is 2. The van der Waals surface area contributed by atoms with Crippen LogP contribution in [0.25, 0.3) is 16.9 Å². The highest BCUT2D eigenvalue weighted by atomic mass is 19.1. The van der Waals surface area contributed by atoms with Gasteiger partial charge in [-0.3, -0.25) is 9.78 Å². The number of ether oxygens (including phenoxy) is 1. The Morgan fingerprint density at radius 3 is 2.72 bits per heavy atom. The van der Waals surface area contributed by atoms with Crippen LogP contribution in [0, 0.1) is 11.3 Å². The minimum Gasteiger partial charge on any atom is -0.453 e. The number of carbonyl (C=O) groups excluding carboxylic acids is 2. The summed E-state index contributed by atoms with van der Waals surface area (Å²) in [5.74, 6) is -0.595. The number of alkyl carbamates (subject to hydrolysis) is 1. The smallest absolute Gasteiger partial charge is 0.406 e. The summed E-state index contributed by atoms with van der Waals surface area (Å²) < 4.78 is 20.4. The topological polar surface area (TPSA) is 174 Å². The van der Waals surface area contributed by atoms with Gasteiger partial charge in [-0.2, -0.15) is 10.4 Å². The number of halogens is 1. The third-order valence-corrected chi connectivity index (χ3v) is 6.61. The van der Waals surface area contributed by atoms with Gasteiger partial charge >= 0.3 is 6.09 Å². The summed E-state index contributed by atoms with van der Waals surface area (Å²) in [6.45, 7) is 2.24. The molecule has 4 rings (SSSR count). The second-order valence-electron chi connectivity index (χ2n) is 10.2. The molecular weight excluding hydrogens is 509 g/mol. The lowest BCUT2D eigenvalue weighted by atomic mass is 9.75. The fourth-order valence-corrected chi connectivity index (χ4v) is 4.31. The maximum atomic E-state index is 14.3. The highest BCUT2D eigenvalue weighted by molar-refractivity contribution is 6.00. The van der Waals surface area contributed by atoms with E-state index in [0.717, 1.165) is 0 Å². The Morgan fingerprint density at radius 1 is 1.31 bits per heavy atom. The second-order valence-corrected chi connectivity index (χ2v) is 10.2. The van der Waals surface area contributed by atoms with Crippen LogP contribution in [0.1, 0.15) is 42.6 Å². The average Bonchev–Trinajstić information content (AvgIpc) is 3.31. The van der Waals surface area contributed by atoms with Crippen LogP contribution < -0.4 is 16.0 Å². The van der Waals surface area contributed by atoms with E-state index in [1.165, 1.54) is 33.4 Å². The van der Waals surface area contributed by atoms with Crippen molar-refractivity contribution in [2.75, 3.05) is 25.5 Å². The van der Waals surface area contributed by atoms with Gasteiger partial charge in [-0.05, 0) is 51.0 Å². The van der Waals surface area contributed by atoms with Crippen LogP contribution in [0.3, 0.4) is 0 Å². The third-order valence-electron chi connectivity index (χ3n) is 6.61. The number of pyridine rings is 1. The monoisotopic (exact) mass is 539 g/mol. The van der Waals surface area contributed by atoms with Crippen molar-refractivity contribution in [1.82, 2.24) is 25.2 Å². The van der Waals surface area contributed by atoms with E-state index in [1.807, 2.05) is 6.07 Å². The summed E-state index contributed by atoms with van der Waals surface area (Å²) in [6, 6.07) is 8.73. The van der Waals surface area contributed by atoms with Gasteiger partial charge in [0.05, 0.1) is 64.8 Å². The lowest BCUT2D eigenvalue weighted by Gasteiger charge is -2.44. The Bertz CT molecular complexity index is 1420. The van der Waals surface area contributed by atoms with Gasteiger partial charge in [0.1, 0.15) is 12.2 Å². The van der Waals surface area contributed by atoms with Crippen molar-refractivity contribution in [1.29, 1.82) is 5.26 Å². The van der Waals surface area contributed by atoms with Crippen molar-refractivity contribution >= 4 is 23.2 Å². The number of rotatable bonds is 9. The molecule has 3 heterocycles. The van der Waals surface area contributed by atoms with E-state index in [9.17, 15) is 24.2 Å². The quantitative estimate of drug-likeness (QED) is 0.271. The van der Waals surface area contributed by atoms with Gasteiger partial charge in [0.25, 0.3) is 5.91 Å².